The Morgan fingerprint density at radius 2 is 1.86 bits per heavy atom. The van der Waals surface area contributed by atoms with E-state index in [2.05, 4.69) is 15.3 Å². The van der Waals surface area contributed by atoms with Gasteiger partial charge in [0.2, 0.25) is 16.3 Å². The van der Waals surface area contributed by atoms with Crippen LogP contribution in [0.3, 0.4) is 0 Å². The van der Waals surface area contributed by atoms with Gasteiger partial charge in [0.05, 0.1) is 42.8 Å². The lowest BCUT2D eigenvalue weighted by Crippen LogP contribution is -2.38. The van der Waals surface area contributed by atoms with E-state index in [9.17, 15) is 18.3 Å². The van der Waals surface area contributed by atoms with Crippen LogP contribution in [-0.4, -0.2) is 73.4 Å². The molecule has 0 radical (unpaired) electrons. The number of carbonyl (C=O) groups excluding carboxylic acids is 1. The van der Waals surface area contributed by atoms with Crippen molar-refractivity contribution < 1.29 is 32.5 Å². The van der Waals surface area contributed by atoms with Crippen molar-refractivity contribution in [1.82, 2.24) is 19.6 Å². The first-order valence-corrected chi connectivity index (χ1v) is 15.8. The van der Waals surface area contributed by atoms with E-state index in [0.29, 0.717) is 23.0 Å². The highest BCUT2D eigenvalue weighted by molar-refractivity contribution is 7.89. The number of allylic oxidation sites excluding steroid dienone is 1. The van der Waals surface area contributed by atoms with Crippen molar-refractivity contribution in [2.75, 3.05) is 33.4 Å². The van der Waals surface area contributed by atoms with Crippen molar-refractivity contribution in [3.8, 4) is 5.75 Å². The van der Waals surface area contributed by atoms with Crippen molar-refractivity contribution in [3.05, 3.63) is 101 Å². The summed E-state index contributed by atoms with van der Waals surface area (Å²) in [4.78, 5) is 21.0. The van der Waals surface area contributed by atoms with Crippen molar-refractivity contribution >= 4 is 38.6 Å². The molecule has 0 aliphatic carbocycles. The molecule has 1 aliphatic rings. The topological polar surface area (TPSA) is 143 Å². The van der Waals surface area contributed by atoms with Crippen LogP contribution in [0.15, 0.2) is 89.5 Å². The van der Waals surface area contributed by atoms with E-state index in [0.717, 1.165) is 20.9 Å². The maximum atomic E-state index is 13.3. The number of H-pyrrole nitrogens is 1. The first-order valence-electron chi connectivity index (χ1n) is 14.0. The van der Waals surface area contributed by atoms with Crippen LogP contribution in [0.4, 0.5) is 0 Å². The van der Waals surface area contributed by atoms with Gasteiger partial charge in [-0.1, -0.05) is 35.9 Å². The number of aromatic amines is 1. The smallest absolute Gasteiger partial charge is 0.286 e. The average Bonchev–Trinajstić information content (AvgIpc) is 3.46. The number of methoxy groups -OCH3 is 1. The summed E-state index contributed by atoms with van der Waals surface area (Å²) in [6, 6.07) is 20.9. The summed E-state index contributed by atoms with van der Waals surface area (Å²) in [6.07, 6.45) is 1.28. The van der Waals surface area contributed by atoms with Crippen LogP contribution in [0, 0.1) is 0 Å². The van der Waals surface area contributed by atoms with Crippen LogP contribution in [0.5, 0.6) is 5.75 Å². The Hall–Kier alpha value is -3.94. The molecule has 44 heavy (non-hydrogen) atoms. The van der Waals surface area contributed by atoms with Gasteiger partial charge in [0.25, 0.3) is 5.91 Å². The van der Waals surface area contributed by atoms with Gasteiger partial charge >= 0.3 is 0 Å². The van der Waals surface area contributed by atoms with Gasteiger partial charge in [0.1, 0.15) is 11.6 Å². The first-order chi connectivity index (χ1) is 21.3. The van der Waals surface area contributed by atoms with Gasteiger partial charge in [-0.15, -0.1) is 0 Å². The molecule has 1 aliphatic heterocycles. The second-order valence-electron chi connectivity index (χ2n) is 10.0. The molecule has 3 N–H and O–H groups in total. The number of benzene rings is 3. The number of para-hydroxylation sites is 2. The maximum absolute atomic E-state index is 13.3. The molecule has 0 bridgehead atoms. The predicted molar refractivity (Wildman–Crippen MR) is 164 cm³/mol. The third-order valence-electron chi connectivity index (χ3n) is 7.13. The molecule has 0 unspecified atom stereocenters. The van der Waals surface area contributed by atoms with Crippen LogP contribution < -0.4 is 10.1 Å². The molecule has 4 aromatic rings. The zero-order chi connectivity index (χ0) is 31.1. The lowest BCUT2D eigenvalue weighted by molar-refractivity contribution is -0.146. The monoisotopic (exact) mass is 640 g/mol. The van der Waals surface area contributed by atoms with Crippen molar-refractivity contribution in [1.29, 1.82) is 0 Å². The number of ether oxygens (including phenoxy) is 3. The van der Waals surface area contributed by atoms with Crippen LogP contribution in [0.1, 0.15) is 23.7 Å². The van der Waals surface area contributed by atoms with Gasteiger partial charge in [0, 0.05) is 30.5 Å². The highest BCUT2D eigenvalue weighted by Crippen LogP contribution is 2.32. The Morgan fingerprint density at radius 3 is 2.57 bits per heavy atom. The van der Waals surface area contributed by atoms with E-state index in [1.807, 2.05) is 36.4 Å². The number of imidazole rings is 1. The number of hydrogen-bond donors (Lipinski definition) is 3. The second kappa shape index (κ2) is 14.2. The number of carbonyl (C=O) groups is 1. The fraction of sp³-hybridized carbons (Fsp3) is 0.290. The van der Waals surface area contributed by atoms with Crippen LogP contribution in [0.2, 0.25) is 5.02 Å². The Bertz CT molecular complexity index is 1680. The molecule has 3 aromatic carbocycles. The van der Waals surface area contributed by atoms with Crippen LogP contribution in [0.25, 0.3) is 11.0 Å². The van der Waals surface area contributed by atoms with Gasteiger partial charge < -0.3 is 29.6 Å². The normalized spacial score (nSPS) is 16.9. The van der Waals surface area contributed by atoms with E-state index in [1.165, 1.54) is 19.2 Å². The molecule has 11 nitrogen and oxygen atoms in total. The van der Waals surface area contributed by atoms with E-state index >= 15 is 0 Å². The number of hydrogen-bond acceptors (Lipinski definition) is 8. The van der Waals surface area contributed by atoms with Gasteiger partial charge in [-0.2, -0.15) is 4.31 Å². The molecule has 0 saturated heterocycles. The fourth-order valence-corrected chi connectivity index (χ4v) is 6.39. The summed E-state index contributed by atoms with van der Waals surface area (Å²) < 4.78 is 44.7. The fourth-order valence-electron chi connectivity index (χ4n) is 4.85. The number of nitrogens with one attached hydrogen (secondary N) is 2. The van der Waals surface area contributed by atoms with E-state index in [-0.39, 0.29) is 49.4 Å². The summed E-state index contributed by atoms with van der Waals surface area (Å²) in [7, 11) is -2.42. The summed E-state index contributed by atoms with van der Waals surface area (Å²) in [5.74, 6) is 0.530. The molecule has 232 valence electrons. The van der Waals surface area contributed by atoms with Gasteiger partial charge in [0.15, 0.2) is 5.76 Å². The zero-order valence-electron chi connectivity index (χ0n) is 24.0. The molecule has 0 fully saturated rings. The Morgan fingerprint density at radius 1 is 1.11 bits per heavy atom. The molecular weight excluding hydrogens is 608 g/mol. The number of rotatable bonds is 13. The number of aliphatic hydroxyl groups is 1. The molecule has 1 aromatic heterocycles. The van der Waals surface area contributed by atoms with E-state index in [4.69, 9.17) is 25.8 Å². The van der Waals surface area contributed by atoms with Crippen LogP contribution >= 0.6 is 11.6 Å². The van der Waals surface area contributed by atoms with Gasteiger partial charge in [-0.3, -0.25) is 4.79 Å². The van der Waals surface area contributed by atoms with E-state index < -0.39 is 22.2 Å². The average molecular weight is 641 g/mol. The highest BCUT2D eigenvalue weighted by atomic mass is 35.5. The molecule has 0 spiro atoms. The van der Waals surface area contributed by atoms with Crippen molar-refractivity contribution in [3.63, 3.8) is 0 Å². The molecule has 1 amide bonds. The number of aliphatic hydroxyl groups excluding tert-OH is 1. The molecule has 5 rings (SSSR count). The number of aromatic nitrogens is 2. The van der Waals surface area contributed by atoms with E-state index in [1.54, 1.807) is 30.3 Å². The summed E-state index contributed by atoms with van der Waals surface area (Å²) in [5, 5.41) is 13.0. The Labute approximate surface area is 260 Å². The predicted octanol–water partition coefficient (Wildman–Crippen LogP) is 3.96. The molecular formula is C31H33ClN4O7S. The summed E-state index contributed by atoms with van der Waals surface area (Å²) >= 11 is 6.09. The minimum absolute atomic E-state index is 0.0404. The third kappa shape index (κ3) is 7.58. The summed E-state index contributed by atoms with van der Waals surface area (Å²) in [5.41, 5.74) is 2.58. The molecule has 13 heteroatoms. The lowest BCUT2D eigenvalue weighted by Gasteiger charge is -2.30. The zero-order valence-corrected chi connectivity index (χ0v) is 25.6. The van der Waals surface area contributed by atoms with Gasteiger partial charge in [-0.05, 0) is 60.2 Å². The Balaban J connectivity index is 1.26. The molecule has 0 saturated carbocycles. The maximum Gasteiger partial charge on any atom is 0.286 e. The minimum atomic E-state index is -3.92. The number of sulfonamides is 1. The number of nitrogens with zero attached hydrogens (tertiary/aromatic N) is 2. The first kappa shape index (κ1) is 31.5. The third-order valence-corrected chi connectivity index (χ3v) is 9.29. The quantitative estimate of drug-likeness (QED) is 0.199. The number of amides is 1. The van der Waals surface area contributed by atoms with Crippen LogP contribution in [-0.2, 0) is 30.8 Å². The molecule has 2 heterocycles. The minimum Gasteiger partial charge on any atom is -0.497 e. The summed E-state index contributed by atoms with van der Waals surface area (Å²) in [6.45, 7) is -0.415. The largest absolute Gasteiger partial charge is 0.497 e. The van der Waals surface area contributed by atoms with Crippen molar-refractivity contribution in [2.24, 2.45) is 0 Å². The molecule has 2 atom stereocenters. The number of fused-ring (bicyclic) bond motifs is 1. The Kier molecular flexibility index (Phi) is 10.2. The van der Waals surface area contributed by atoms with Crippen molar-refractivity contribution in [2.45, 2.75) is 30.1 Å². The SMILES string of the molecule is COc1ccc(S(=O)(=O)N(CCO)CCO[C@H]2C[C@@H](c3ccc(Cl)cc3)C=C(C(=O)NCc3nc4ccccc4[nH]3)O2)cc1. The number of halogens is 1. The van der Waals surface area contributed by atoms with Gasteiger partial charge in [-0.25, -0.2) is 13.4 Å². The highest BCUT2D eigenvalue weighted by Gasteiger charge is 2.30. The second-order valence-corrected chi connectivity index (χ2v) is 12.4. The lowest BCUT2D eigenvalue weighted by atomic mass is 9.93. The standard InChI is InChI=1S/C31H33ClN4O7S/c1-41-24-10-12-25(13-11-24)44(39,40)36(14-16-37)15-17-42-30-19-22(21-6-8-23(32)9-7-21)18-28(43-30)31(38)33-20-29-34-26-4-2-3-5-27(26)35-29/h2-13,18,22,30,37H,14-17,19-20H2,1H3,(H,33,38)(H,34,35)/t22-,30+/m0/s1.